The molecule has 0 aromatic heterocycles. The van der Waals surface area contributed by atoms with Gasteiger partial charge >= 0.3 is 0 Å². The highest BCUT2D eigenvalue weighted by Crippen LogP contribution is 2.22. The van der Waals surface area contributed by atoms with Gasteiger partial charge in [-0.25, -0.2) is 0 Å². The number of nitrogens with two attached hydrogens (primary N) is 1. The van der Waals surface area contributed by atoms with Crippen molar-refractivity contribution in [3.8, 4) is 0 Å². The molecule has 1 fully saturated rings. The Labute approximate surface area is 114 Å². The zero-order chi connectivity index (χ0) is 13.8. The van der Waals surface area contributed by atoms with E-state index in [1.807, 2.05) is 30.0 Å². The van der Waals surface area contributed by atoms with Crippen LogP contribution >= 0.6 is 0 Å². The fraction of sp³-hybridized carbons (Fsp3) is 0.533. The molecule has 1 aliphatic rings. The van der Waals surface area contributed by atoms with Crippen LogP contribution in [0.1, 0.15) is 28.8 Å². The van der Waals surface area contributed by atoms with E-state index in [9.17, 15) is 4.79 Å². The van der Waals surface area contributed by atoms with Crippen molar-refractivity contribution in [2.75, 3.05) is 32.5 Å². The maximum atomic E-state index is 12.6. The molecule has 0 spiro atoms. The normalized spacial score (nSPS) is 19.5. The predicted octanol–water partition coefficient (Wildman–Crippen LogP) is 2.08. The molecule has 1 aliphatic heterocycles. The molecule has 1 saturated heterocycles. The highest BCUT2D eigenvalue weighted by molar-refractivity contribution is 5.97. The van der Waals surface area contributed by atoms with Gasteiger partial charge in [0, 0.05) is 31.5 Å². The Morgan fingerprint density at radius 1 is 1.53 bits per heavy atom. The quantitative estimate of drug-likeness (QED) is 0.848. The number of amides is 1. The number of nitrogens with zero attached hydrogens (tertiary/aromatic N) is 1. The molecule has 1 unspecified atom stereocenters. The van der Waals surface area contributed by atoms with E-state index in [2.05, 4.69) is 0 Å². The standard InChI is InChI=1S/C15H22N2O2/c1-11-13(6-3-7-14(11)16)15(18)17-8-4-5-12(9-17)10-19-2/h3,6-7,12H,4-5,8-10,16H2,1-2H3. The highest BCUT2D eigenvalue weighted by Gasteiger charge is 2.25. The van der Waals surface area contributed by atoms with Crippen LogP contribution < -0.4 is 5.73 Å². The van der Waals surface area contributed by atoms with Gasteiger partial charge in [0.05, 0.1) is 6.61 Å². The second-order valence-corrected chi connectivity index (χ2v) is 5.23. The third kappa shape index (κ3) is 3.07. The van der Waals surface area contributed by atoms with Crippen molar-refractivity contribution >= 4 is 11.6 Å². The minimum Gasteiger partial charge on any atom is -0.398 e. The molecular weight excluding hydrogens is 240 g/mol. The Balaban J connectivity index is 2.12. The number of carbonyl (C=O) groups is 1. The number of hydrogen-bond acceptors (Lipinski definition) is 3. The number of anilines is 1. The number of nitrogen functional groups attached to an aromatic ring is 1. The van der Waals surface area contributed by atoms with Crippen LogP contribution in [0, 0.1) is 12.8 Å². The minimum atomic E-state index is 0.0885. The zero-order valence-electron chi connectivity index (χ0n) is 11.7. The van der Waals surface area contributed by atoms with Crippen LogP contribution in [0.25, 0.3) is 0 Å². The van der Waals surface area contributed by atoms with Crippen molar-refractivity contribution < 1.29 is 9.53 Å². The third-order valence-electron chi connectivity index (χ3n) is 3.81. The van der Waals surface area contributed by atoms with E-state index in [0.29, 0.717) is 11.6 Å². The first-order valence-electron chi connectivity index (χ1n) is 6.76. The number of likely N-dealkylation sites (tertiary alicyclic amines) is 1. The first-order valence-corrected chi connectivity index (χ1v) is 6.76. The topological polar surface area (TPSA) is 55.6 Å². The molecule has 0 radical (unpaired) electrons. The minimum absolute atomic E-state index is 0.0885. The van der Waals surface area contributed by atoms with Crippen LogP contribution in [0.4, 0.5) is 5.69 Å². The number of methoxy groups -OCH3 is 1. The van der Waals surface area contributed by atoms with Crippen LogP contribution in [0.3, 0.4) is 0 Å². The van der Waals surface area contributed by atoms with Gasteiger partial charge in [-0.3, -0.25) is 4.79 Å². The predicted molar refractivity (Wildman–Crippen MR) is 76.1 cm³/mol. The Kier molecular flexibility index (Phi) is 4.43. The number of piperidine rings is 1. The third-order valence-corrected chi connectivity index (χ3v) is 3.81. The molecule has 19 heavy (non-hydrogen) atoms. The van der Waals surface area contributed by atoms with Crippen molar-refractivity contribution in [3.05, 3.63) is 29.3 Å². The summed E-state index contributed by atoms with van der Waals surface area (Å²) in [7, 11) is 1.71. The van der Waals surface area contributed by atoms with E-state index in [4.69, 9.17) is 10.5 Å². The van der Waals surface area contributed by atoms with Gasteiger partial charge in [0.25, 0.3) is 5.91 Å². The van der Waals surface area contributed by atoms with Crippen molar-refractivity contribution in [1.82, 2.24) is 4.90 Å². The van der Waals surface area contributed by atoms with Crippen molar-refractivity contribution in [3.63, 3.8) is 0 Å². The second-order valence-electron chi connectivity index (χ2n) is 5.23. The lowest BCUT2D eigenvalue weighted by Crippen LogP contribution is -2.41. The van der Waals surface area contributed by atoms with Gasteiger partial charge in [0.1, 0.15) is 0 Å². The SMILES string of the molecule is COCC1CCCN(C(=O)c2cccc(N)c2C)C1. The highest BCUT2D eigenvalue weighted by atomic mass is 16.5. The van der Waals surface area contributed by atoms with Crippen molar-refractivity contribution in [2.24, 2.45) is 5.92 Å². The van der Waals surface area contributed by atoms with E-state index >= 15 is 0 Å². The molecule has 1 amide bonds. The van der Waals surface area contributed by atoms with Gasteiger partial charge in [0.15, 0.2) is 0 Å². The van der Waals surface area contributed by atoms with E-state index in [1.165, 1.54) is 0 Å². The zero-order valence-corrected chi connectivity index (χ0v) is 11.7. The molecule has 104 valence electrons. The van der Waals surface area contributed by atoms with E-state index in [1.54, 1.807) is 7.11 Å². The molecule has 2 rings (SSSR count). The Hall–Kier alpha value is -1.55. The number of benzene rings is 1. The summed E-state index contributed by atoms with van der Waals surface area (Å²) >= 11 is 0. The fourth-order valence-electron chi connectivity index (χ4n) is 2.68. The van der Waals surface area contributed by atoms with Gasteiger partial charge in [0.2, 0.25) is 0 Å². The summed E-state index contributed by atoms with van der Waals surface area (Å²) in [5, 5.41) is 0. The number of carbonyl (C=O) groups excluding carboxylic acids is 1. The number of rotatable bonds is 3. The number of ether oxygens (including phenoxy) is 1. The lowest BCUT2D eigenvalue weighted by Gasteiger charge is -2.32. The molecule has 4 nitrogen and oxygen atoms in total. The summed E-state index contributed by atoms with van der Waals surface area (Å²) in [6.07, 6.45) is 2.18. The van der Waals surface area contributed by atoms with E-state index in [-0.39, 0.29) is 5.91 Å². The molecule has 2 N–H and O–H groups in total. The Bertz CT molecular complexity index is 457. The molecule has 1 aromatic rings. The smallest absolute Gasteiger partial charge is 0.254 e. The maximum absolute atomic E-state index is 12.6. The monoisotopic (exact) mass is 262 g/mol. The van der Waals surface area contributed by atoms with Gasteiger partial charge < -0.3 is 15.4 Å². The van der Waals surface area contributed by atoms with Crippen LogP contribution in [0.5, 0.6) is 0 Å². The first-order chi connectivity index (χ1) is 9.13. The molecule has 0 aliphatic carbocycles. The average molecular weight is 262 g/mol. The summed E-state index contributed by atoms with van der Waals surface area (Å²) < 4.78 is 5.20. The largest absolute Gasteiger partial charge is 0.398 e. The maximum Gasteiger partial charge on any atom is 0.254 e. The van der Waals surface area contributed by atoms with Crippen molar-refractivity contribution in [1.29, 1.82) is 0 Å². The molecule has 1 atom stereocenters. The van der Waals surface area contributed by atoms with Crippen LogP contribution in [-0.2, 0) is 4.74 Å². The average Bonchev–Trinajstić information content (AvgIpc) is 2.42. The second kappa shape index (κ2) is 6.06. The summed E-state index contributed by atoms with van der Waals surface area (Å²) in [5.74, 6) is 0.537. The van der Waals surface area contributed by atoms with Gasteiger partial charge in [-0.1, -0.05) is 6.07 Å². The van der Waals surface area contributed by atoms with Gasteiger partial charge in [-0.2, -0.15) is 0 Å². The molecule has 0 bridgehead atoms. The molecular formula is C15H22N2O2. The summed E-state index contributed by atoms with van der Waals surface area (Å²) in [5.41, 5.74) is 8.15. The Morgan fingerprint density at radius 3 is 3.05 bits per heavy atom. The lowest BCUT2D eigenvalue weighted by atomic mass is 9.97. The number of hydrogen-bond donors (Lipinski definition) is 1. The molecule has 1 aromatic carbocycles. The van der Waals surface area contributed by atoms with Crippen LogP contribution in [0.2, 0.25) is 0 Å². The lowest BCUT2D eigenvalue weighted by molar-refractivity contribution is 0.0570. The fourth-order valence-corrected chi connectivity index (χ4v) is 2.68. The van der Waals surface area contributed by atoms with E-state index < -0.39 is 0 Å². The van der Waals surface area contributed by atoms with Crippen LogP contribution in [0.15, 0.2) is 18.2 Å². The molecule has 4 heteroatoms. The summed E-state index contributed by atoms with van der Waals surface area (Å²) in [4.78, 5) is 14.5. The van der Waals surface area contributed by atoms with Gasteiger partial charge in [-0.05, 0) is 43.4 Å². The summed E-state index contributed by atoms with van der Waals surface area (Å²) in [6, 6.07) is 5.52. The molecule has 0 saturated carbocycles. The van der Waals surface area contributed by atoms with Crippen molar-refractivity contribution in [2.45, 2.75) is 19.8 Å². The van der Waals surface area contributed by atoms with E-state index in [0.717, 1.165) is 43.7 Å². The Morgan fingerprint density at radius 2 is 2.32 bits per heavy atom. The van der Waals surface area contributed by atoms with Gasteiger partial charge in [-0.15, -0.1) is 0 Å². The first kappa shape index (κ1) is 13.9. The molecule has 1 heterocycles. The summed E-state index contributed by atoms with van der Waals surface area (Å²) in [6.45, 7) is 4.23. The van der Waals surface area contributed by atoms with Crippen LogP contribution in [-0.4, -0.2) is 37.6 Å².